The molecular formula is C16H22N2O4. The standard InChI is InChI=1S/C16H22N2O4/c1-11(2)8-17-14(19)10-22-15(20)9-18-16(21)13-7-5-4-6-12(13)3/h4-7,11H,8-10H2,1-3H3,(H,17,19)(H,18,21). The minimum absolute atomic E-state index is 0.273. The third-order valence-electron chi connectivity index (χ3n) is 2.85. The highest BCUT2D eigenvalue weighted by atomic mass is 16.5. The summed E-state index contributed by atoms with van der Waals surface area (Å²) < 4.78 is 4.79. The SMILES string of the molecule is Cc1ccccc1C(=O)NCC(=O)OCC(=O)NCC(C)C. The van der Waals surface area contributed by atoms with Gasteiger partial charge in [0.05, 0.1) is 0 Å². The van der Waals surface area contributed by atoms with Gasteiger partial charge in [-0.2, -0.15) is 0 Å². The zero-order valence-electron chi connectivity index (χ0n) is 13.1. The lowest BCUT2D eigenvalue weighted by atomic mass is 10.1. The van der Waals surface area contributed by atoms with Gasteiger partial charge in [0.15, 0.2) is 6.61 Å². The van der Waals surface area contributed by atoms with E-state index in [0.29, 0.717) is 18.0 Å². The highest BCUT2D eigenvalue weighted by Crippen LogP contribution is 2.06. The zero-order chi connectivity index (χ0) is 16.5. The first-order valence-electron chi connectivity index (χ1n) is 7.16. The molecule has 22 heavy (non-hydrogen) atoms. The van der Waals surface area contributed by atoms with Crippen LogP contribution < -0.4 is 10.6 Å². The van der Waals surface area contributed by atoms with Crippen LogP contribution in [0.15, 0.2) is 24.3 Å². The van der Waals surface area contributed by atoms with Crippen molar-refractivity contribution < 1.29 is 19.1 Å². The topological polar surface area (TPSA) is 84.5 Å². The lowest BCUT2D eigenvalue weighted by Gasteiger charge is -2.09. The van der Waals surface area contributed by atoms with Crippen LogP contribution in [0.3, 0.4) is 0 Å². The summed E-state index contributed by atoms with van der Waals surface area (Å²) in [5.74, 6) is -1.03. The average molecular weight is 306 g/mol. The number of ether oxygens (including phenoxy) is 1. The molecule has 0 aromatic heterocycles. The van der Waals surface area contributed by atoms with Gasteiger partial charge in [-0.3, -0.25) is 14.4 Å². The third kappa shape index (κ3) is 6.39. The second-order valence-electron chi connectivity index (χ2n) is 5.36. The Kier molecular flexibility index (Phi) is 7.08. The quantitative estimate of drug-likeness (QED) is 0.737. The van der Waals surface area contributed by atoms with Crippen LogP contribution in [0.4, 0.5) is 0 Å². The van der Waals surface area contributed by atoms with Crippen molar-refractivity contribution in [2.24, 2.45) is 5.92 Å². The van der Waals surface area contributed by atoms with E-state index in [1.54, 1.807) is 12.1 Å². The summed E-state index contributed by atoms with van der Waals surface area (Å²) in [4.78, 5) is 34.8. The summed E-state index contributed by atoms with van der Waals surface area (Å²) in [5.41, 5.74) is 1.33. The van der Waals surface area contributed by atoms with Crippen LogP contribution in [-0.2, 0) is 14.3 Å². The van der Waals surface area contributed by atoms with E-state index >= 15 is 0 Å². The van der Waals surface area contributed by atoms with Gasteiger partial charge in [0.2, 0.25) is 0 Å². The molecule has 0 bridgehead atoms. The van der Waals surface area contributed by atoms with Gasteiger partial charge < -0.3 is 15.4 Å². The van der Waals surface area contributed by atoms with E-state index in [-0.39, 0.29) is 25.0 Å². The number of esters is 1. The van der Waals surface area contributed by atoms with Crippen LogP contribution in [0.5, 0.6) is 0 Å². The predicted molar refractivity (Wildman–Crippen MR) is 82.3 cm³/mol. The lowest BCUT2D eigenvalue weighted by molar-refractivity contribution is -0.147. The fraction of sp³-hybridized carbons (Fsp3) is 0.438. The first-order chi connectivity index (χ1) is 10.4. The number of rotatable bonds is 7. The molecule has 1 aromatic rings. The number of hydrogen-bond acceptors (Lipinski definition) is 4. The molecule has 0 radical (unpaired) electrons. The molecule has 0 aliphatic heterocycles. The van der Waals surface area contributed by atoms with Crippen LogP contribution in [0.2, 0.25) is 0 Å². The van der Waals surface area contributed by atoms with Crippen LogP contribution >= 0.6 is 0 Å². The number of aryl methyl sites for hydroxylation is 1. The summed E-state index contributed by atoms with van der Waals surface area (Å²) in [7, 11) is 0. The van der Waals surface area contributed by atoms with Crippen LogP contribution in [-0.4, -0.2) is 37.5 Å². The molecule has 0 spiro atoms. The molecule has 0 fully saturated rings. The Hall–Kier alpha value is -2.37. The van der Waals surface area contributed by atoms with E-state index in [4.69, 9.17) is 4.74 Å². The van der Waals surface area contributed by atoms with Crippen LogP contribution in [0, 0.1) is 12.8 Å². The van der Waals surface area contributed by atoms with Gasteiger partial charge in [0, 0.05) is 12.1 Å². The summed E-state index contributed by atoms with van der Waals surface area (Å²) >= 11 is 0. The van der Waals surface area contributed by atoms with E-state index in [0.717, 1.165) is 5.56 Å². The minimum atomic E-state index is -0.651. The van der Waals surface area contributed by atoms with Crippen molar-refractivity contribution in [1.29, 1.82) is 0 Å². The largest absolute Gasteiger partial charge is 0.454 e. The Bertz CT molecular complexity index is 541. The smallest absolute Gasteiger partial charge is 0.325 e. The van der Waals surface area contributed by atoms with Crippen molar-refractivity contribution in [2.45, 2.75) is 20.8 Å². The number of carbonyl (C=O) groups excluding carboxylic acids is 3. The number of hydrogen-bond donors (Lipinski definition) is 2. The maximum absolute atomic E-state index is 11.9. The number of amides is 2. The lowest BCUT2D eigenvalue weighted by Crippen LogP contribution is -2.35. The van der Waals surface area contributed by atoms with Gasteiger partial charge in [-0.25, -0.2) is 0 Å². The van der Waals surface area contributed by atoms with Crippen molar-refractivity contribution >= 4 is 17.8 Å². The highest BCUT2D eigenvalue weighted by molar-refractivity contribution is 5.97. The Morgan fingerprint density at radius 3 is 2.45 bits per heavy atom. The van der Waals surface area contributed by atoms with Gasteiger partial charge in [0.25, 0.3) is 11.8 Å². The average Bonchev–Trinajstić information content (AvgIpc) is 2.48. The van der Waals surface area contributed by atoms with E-state index in [1.807, 2.05) is 32.9 Å². The van der Waals surface area contributed by atoms with E-state index < -0.39 is 5.97 Å². The van der Waals surface area contributed by atoms with Gasteiger partial charge in [-0.1, -0.05) is 32.0 Å². The zero-order valence-corrected chi connectivity index (χ0v) is 13.1. The van der Waals surface area contributed by atoms with Crippen molar-refractivity contribution in [3.05, 3.63) is 35.4 Å². The van der Waals surface area contributed by atoms with Gasteiger partial charge in [-0.15, -0.1) is 0 Å². The molecule has 0 saturated heterocycles. The van der Waals surface area contributed by atoms with E-state index in [1.165, 1.54) is 0 Å². The van der Waals surface area contributed by atoms with Gasteiger partial charge in [0.1, 0.15) is 6.54 Å². The molecule has 0 unspecified atom stereocenters. The minimum Gasteiger partial charge on any atom is -0.454 e. The molecule has 6 heteroatoms. The molecule has 120 valence electrons. The Morgan fingerprint density at radius 2 is 1.82 bits per heavy atom. The number of carbonyl (C=O) groups is 3. The molecule has 2 N–H and O–H groups in total. The maximum Gasteiger partial charge on any atom is 0.325 e. The first-order valence-corrected chi connectivity index (χ1v) is 7.16. The molecule has 0 atom stereocenters. The fourth-order valence-corrected chi connectivity index (χ4v) is 1.64. The predicted octanol–water partition coefficient (Wildman–Crippen LogP) is 1.04. The van der Waals surface area contributed by atoms with Crippen LogP contribution in [0.25, 0.3) is 0 Å². The summed E-state index contributed by atoms with van der Waals surface area (Å²) in [6.07, 6.45) is 0. The third-order valence-corrected chi connectivity index (χ3v) is 2.85. The molecule has 1 aromatic carbocycles. The van der Waals surface area contributed by atoms with E-state index in [2.05, 4.69) is 10.6 Å². The highest BCUT2D eigenvalue weighted by Gasteiger charge is 2.12. The second-order valence-corrected chi connectivity index (χ2v) is 5.36. The first kappa shape index (κ1) is 17.7. The molecule has 2 amide bonds. The summed E-state index contributed by atoms with van der Waals surface area (Å²) in [6.45, 7) is 5.66. The van der Waals surface area contributed by atoms with Gasteiger partial charge in [-0.05, 0) is 24.5 Å². The molecule has 0 saturated carbocycles. The van der Waals surface area contributed by atoms with Crippen molar-refractivity contribution in [1.82, 2.24) is 10.6 Å². The molecule has 1 rings (SSSR count). The molecular weight excluding hydrogens is 284 g/mol. The Balaban J connectivity index is 2.30. The van der Waals surface area contributed by atoms with Gasteiger partial charge >= 0.3 is 5.97 Å². The normalized spacial score (nSPS) is 10.2. The Labute approximate surface area is 130 Å². The monoisotopic (exact) mass is 306 g/mol. The van der Waals surface area contributed by atoms with E-state index in [9.17, 15) is 14.4 Å². The molecule has 6 nitrogen and oxygen atoms in total. The number of benzene rings is 1. The van der Waals surface area contributed by atoms with Crippen molar-refractivity contribution in [3.63, 3.8) is 0 Å². The molecule has 0 aliphatic carbocycles. The van der Waals surface area contributed by atoms with Crippen LogP contribution in [0.1, 0.15) is 29.8 Å². The maximum atomic E-state index is 11.9. The van der Waals surface area contributed by atoms with Crippen molar-refractivity contribution in [3.8, 4) is 0 Å². The molecule has 0 aliphatic rings. The van der Waals surface area contributed by atoms with Crippen molar-refractivity contribution in [2.75, 3.05) is 19.7 Å². The Morgan fingerprint density at radius 1 is 1.14 bits per heavy atom. The summed E-state index contributed by atoms with van der Waals surface area (Å²) in [6, 6.07) is 7.07. The molecule has 0 heterocycles. The summed E-state index contributed by atoms with van der Waals surface area (Å²) in [5, 5.41) is 5.10. The fourth-order valence-electron chi connectivity index (χ4n) is 1.64. The number of nitrogens with one attached hydrogen (secondary N) is 2. The second kappa shape index (κ2) is 8.81.